The molecule has 1 heterocycles. The van der Waals surface area contributed by atoms with Gasteiger partial charge < -0.3 is 15.3 Å². The Hall–Kier alpha value is -0.120. The molecule has 2 fully saturated rings. The van der Waals surface area contributed by atoms with Crippen molar-refractivity contribution in [3.63, 3.8) is 0 Å². The van der Waals surface area contributed by atoms with E-state index in [1.807, 2.05) is 0 Å². The Labute approximate surface area is 131 Å². The molecule has 0 spiro atoms. The average Bonchev–Trinajstić information content (AvgIpc) is 2.43. The average molecular weight is 296 g/mol. The molecule has 1 aliphatic heterocycles. The zero-order chi connectivity index (χ0) is 15.3. The highest BCUT2D eigenvalue weighted by Gasteiger charge is 2.39. The molecule has 3 heteroatoms. The number of hydrogen-bond donors (Lipinski definition) is 2. The number of piperidine rings is 1. The van der Waals surface area contributed by atoms with Crippen LogP contribution in [0.3, 0.4) is 0 Å². The summed E-state index contributed by atoms with van der Waals surface area (Å²) in [4.78, 5) is 2.68. The van der Waals surface area contributed by atoms with Crippen molar-refractivity contribution in [1.29, 1.82) is 0 Å². The van der Waals surface area contributed by atoms with E-state index in [1.54, 1.807) is 0 Å². The summed E-state index contributed by atoms with van der Waals surface area (Å²) in [6.45, 7) is 12.3. The molecule has 0 bridgehead atoms. The van der Waals surface area contributed by atoms with Crippen LogP contribution in [-0.2, 0) is 0 Å². The van der Waals surface area contributed by atoms with Crippen LogP contribution in [-0.4, -0.2) is 48.8 Å². The summed E-state index contributed by atoms with van der Waals surface area (Å²) in [5, 5.41) is 13.0. The molecule has 0 amide bonds. The molecule has 2 aliphatic rings. The fourth-order valence-corrected chi connectivity index (χ4v) is 4.71. The number of rotatable bonds is 6. The molecule has 3 nitrogen and oxygen atoms in total. The van der Waals surface area contributed by atoms with Crippen molar-refractivity contribution in [2.45, 2.75) is 65.3 Å². The topological polar surface area (TPSA) is 35.5 Å². The Balaban J connectivity index is 1.93. The molecule has 1 aliphatic carbocycles. The molecule has 3 unspecified atom stereocenters. The second-order valence-corrected chi connectivity index (χ2v) is 7.96. The molecular weight excluding hydrogens is 260 g/mol. The Bertz CT molecular complexity index is 304. The molecular formula is C18H36N2O. The Morgan fingerprint density at radius 1 is 1.24 bits per heavy atom. The molecule has 0 aromatic rings. The number of aliphatic hydroxyl groups is 1. The lowest BCUT2D eigenvalue weighted by atomic mass is 9.67. The van der Waals surface area contributed by atoms with Crippen molar-refractivity contribution < 1.29 is 5.11 Å². The molecule has 2 rings (SSSR count). The van der Waals surface area contributed by atoms with Crippen LogP contribution in [0.1, 0.15) is 59.3 Å². The second kappa shape index (κ2) is 7.94. The molecule has 21 heavy (non-hydrogen) atoms. The SMILES string of the molecule is CCNC1C(CN2CCCC(CCO)C2)CCCC1(C)C. The van der Waals surface area contributed by atoms with E-state index in [0.29, 0.717) is 18.1 Å². The Morgan fingerprint density at radius 3 is 2.76 bits per heavy atom. The fraction of sp³-hybridized carbons (Fsp3) is 1.00. The first-order valence-corrected chi connectivity index (χ1v) is 9.13. The van der Waals surface area contributed by atoms with Gasteiger partial charge >= 0.3 is 0 Å². The van der Waals surface area contributed by atoms with E-state index in [2.05, 4.69) is 31.0 Å². The Morgan fingerprint density at radius 2 is 2.05 bits per heavy atom. The van der Waals surface area contributed by atoms with Crippen molar-refractivity contribution in [2.75, 3.05) is 32.8 Å². The first-order chi connectivity index (χ1) is 10.1. The third-order valence-corrected chi connectivity index (χ3v) is 5.77. The fourth-order valence-electron chi connectivity index (χ4n) is 4.71. The highest BCUT2D eigenvalue weighted by molar-refractivity contribution is 4.94. The minimum absolute atomic E-state index is 0.356. The highest BCUT2D eigenvalue weighted by atomic mass is 16.3. The van der Waals surface area contributed by atoms with Crippen LogP contribution in [0.25, 0.3) is 0 Å². The third kappa shape index (κ3) is 4.67. The first-order valence-electron chi connectivity index (χ1n) is 9.13. The van der Waals surface area contributed by atoms with Gasteiger partial charge in [0.25, 0.3) is 0 Å². The van der Waals surface area contributed by atoms with Crippen LogP contribution in [0, 0.1) is 17.3 Å². The summed E-state index contributed by atoms with van der Waals surface area (Å²) in [5.41, 5.74) is 0.430. The standard InChI is InChI=1S/C18H36N2O/c1-4-19-17-16(8-5-10-18(17,2)3)14-20-11-6-7-15(13-20)9-12-21/h15-17,19,21H,4-14H2,1-3H3. The summed E-state index contributed by atoms with van der Waals surface area (Å²) < 4.78 is 0. The van der Waals surface area contributed by atoms with Crippen LogP contribution < -0.4 is 5.32 Å². The van der Waals surface area contributed by atoms with Crippen molar-refractivity contribution >= 4 is 0 Å². The summed E-state index contributed by atoms with van der Waals surface area (Å²) in [5.74, 6) is 1.51. The maximum atomic E-state index is 9.18. The lowest BCUT2D eigenvalue weighted by Gasteiger charge is -2.47. The lowest BCUT2D eigenvalue weighted by Crippen LogP contribution is -2.53. The Kier molecular flexibility index (Phi) is 6.51. The monoisotopic (exact) mass is 296 g/mol. The predicted octanol–water partition coefficient (Wildman–Crippen LogP) is 2.89. The zero-order valence-electron chi connectivity index (χ0n) is 14.4. The van der Waals surface area contributed by atoms with E-state index in [-0.39, 0.29) is 0 Å². The van der Waals surface area contributed by atoms with Crippen LogP contribution in [0.15, 0.2) is 0 Å². The molecule has 0 radical (unpaired) electrons. The predicted molar refractivity (Wildman–Crippen MR) is 89.5 cm³/mol. The van der Waals surface area contributed by atoms with Crippen molar-refractivity contribution in [3.05, 3.63) is 0 Å². The van der Waals surface area contributed by atoms with E-state index in [1.165, 1.54) is 51.7 Å². The van der Waals surface area contributed by atoms with Crippen LogP contribution >= 0.6 is 0 Å². The lowest BCUT2D eigenvalue weighted by molar-refractivity contribution is 0.0611. The van der Waals surface area contributed by atoms with Gasteiger partial charge in [-0.15, -0.1) is 0 Å². The molecule has 0 aromatic heterocycles. The van der Waals surface area contributed by atoms with Gasteiger partial charge in [0.2, 0.25) is 0 Å². The van der Waals surface area contributed by atoms with Crippen LogP contribution in [0.2, 0.25) is 0 Å². The molecule has 124 valence electrons. The van der Waals surface area contributed by atoms with Gasteiger partial charge in [-0.05, 0) is 62.4 Å². The molecule has 1 saturated carbocycles. The number of aliphatic hydroxyl groups excluding tert-OH is 1. The number of hydrogen-bond acceptors (Lipinski definition) is 3. The maximum absolute atomic E-state index is 9.18. The van der Waals surface area contributed by atoms with Gasteiger partial charge in [-0.1, -0.05) is 27.2 Å². The first kappa shape index (κ1) is 17.2. The largest absolute Gasteiger partial charge is 0.396 e. The smallest absolute Gasteiger partial charge is 0.0434 e. The molecule has 0 aromatic carbocycles. The minimum Gasteiger partial charge on any atom is -0.396 e. The number of nitrogens with one attached hydrogen (secondary N) is 1. The second-order valence-electron chi connectivity index (χ2n) is 7.96. The quantitative estimate of drug-likeness (QED) is 0.791. The number of nitrogens with zero attached hydrogens (tertiary/aromatic N) is 1. The highest BCUT2D eigenvalue weighted by Crippen LogP contribution is 2.39. The van der Waals surface area contributed by atoms with Crippen molar-refractivity contribution in [3.8, 4) is 0 Å². The van der Waals surface area contributed by atoms with E-state index in [9.17, 15) is 5.11 Å². The van der Waals surface area contributed by atoms with E-state index >= 15 is 0 Å². The van der Waals surface area contributed by atoms with Crippen molar-refractivity contribution in [2.24, 2.45) is 17.3 Å². The van der Waals surface area contributed by atoms with E-state index in [0.717, 1.165) is 24.8 Å². The van der Waals surface area contributed by atoms with Gasteiger partial charge in [-0.3, -0.25) is 0 Å². The molecule has 2 N–H and O–H groups in total. The van der Waals surface area contributed by atoms with Gasteiger partial charge in [0.05, 0.1) is 0 Å². The molecule has 3 atom stereocenters. The van der Waals surface area contributed by atoms with Gasteiger partial charge in [0.15, 0.2) is 0 Å². The summed E-state index contributed by atoms with van der Waals surface area (Å²) in [7, 11) is 0. The maximum Gasteiger partial charge on any atom is 0.0434 e. The minimum atomic E-state index is 0.356. The third-order valence-electron chi connectivity index (χ3n) is 5.77. The zero-order valence-corrected chi connectivity index (χ0v) is 14.4. The molecule has 1 saturated heterocycles. The normalized spacial score (nSPS) is 34.0. The van der Waals surface area contributed by atoms with Gasteiger partial charge in [-0.2, -0.15) is 0 Å². The van der Waals surface area contributed by atoms with Gasteiger partial charge in [0, 0.05) is 25.7 Å². The summed E-state index contributed by atoms with van der Waals surface area (Å²) in [6, 6.07) is 0.662. The summed E-state index contributed by atoms with van der Waals surface area (Å²) in [6.07, 6.45) is 7.73. The van der Waals surface area contributed by atoms with Crippen molar-refractivity contribution in [1.82, 2.24) is 10.2 Å². The van der Waals surface area contributed by atoms with Crippen LogP contribution in [0.4, 0.5) is 0 Å². The van der Waals surface area contributed by atoms with E-state index in [4.69, 9.17) is 0 Å². The van der Waals surface area contributed by atoms with Gasteiger partial charge in [0.1, 0.15) is 0 Å². The van der Waals surface area contributed by atoms with Crippen LogP contribution in [0.5, 0.6) is 0 Å². The number of likely N-dealkylation sites (tertiary alicyclic amines) is 1. The summed E-state index contributed by atoms with van der Waals surface area (Å²) >= 11 is 0. The van der Waals surface area contributed by atoms with E-state index < -0.39 is 0 Å². The van der Waals surface area contributed by atoms with Gasteiger partial charge in [-0.25, -0.2) is 0 Å².